The van der Waals surface area contributed by atoms with Gasteiger partial charge < -0.3 is 0 Å². The first-order valence-corrected chi connectivity index (χ1v) is 10.5. The lowest BCUT2D eigenvalue weighted by Crippen LogP contribution is -1.89. The lowest BCUT2D eigenvalue weighted by Gasteiger charge is -2.07. The van der Waals surface area contributed by atoms with Crippen molar-refractivity contribution in [1.29, 1.82) is 0 Å². The largest absolute Gasteiger partial charge is 0.205 e. The lowest BCUT2D eigenvalue weighted by atomic mass is 10.00. The molecular weight excluding hydrogens is 389 g/mol. The minimum absolute atomic E-state index is 0.243. The molecule has 0 spiro atoms. The fraction of sp³-hybridized carbons (Fsp3) is 0.222. The third-order valence-electron chi connectivity index (χ3n) is 5.08. The van der Waals surface area contributed by atoms with Crippen LogP contribution in [0.2, 0.25) is 0 Å². The smallest absolute Gasteiger partial charge is 0.150 e. The van der Waals surface area contributed by atoms with Crippen LogP contribution in [0.3, 0.4) is 0 Å². The highest BCUT2D eigenvalue weighted by atomic mass is 32.1. The number of nitrogens with zero attached hydrogens (tertiary/aromatic N) is 1. The van der Waals surface area contributed by atoms with Crippen molar-refractivity contribution in [2.24, 2.45) is 4.99 Å². The first-order chi connectivity index (χ1) is 14.5. The van der Waals surface area contributed by atoms with Gasteiger partial charge in [-0.1, -0.05) is 49.5 Å². The average molecular weight is 414 g/mol. The molecule has 0 saturated heterocycles. The highest BCUT2D eigenvalue weighted by molar-refractivity contribution is 7.78. The first-order valence-electron chi connectivity index (χ1n) is 10.1. The molecule has 0 saturated carbocycles. The zero-order valence-corrected chi connectivity index (χ0v) is 18.4. The molecule has 0 atom stereocenters. The molecule has 0 N–H and O–H groups in total. The van der Waals surface area contributed by atoms with Crippen molar-refractivity contribution in [3.63, 3.8) is 0 Å². The Kier molecular flexibility index (Phi) is 7.31. The van der Waals surface area contributed by atoms with Crippen molar-refractivity contribution >= 4 is 23.1 Å². The Morgan fingerprint density at radius 1 is 0.900 bits per heavy atom. The van der Waals surface area contributed by atoms with Gasteiger partial charge >= 0.3 is 0 Å². The minimum Gasteiger partial charge on any atom is -0.205 e. The van der Waals surface area contributed by atoms with Gasteiger partial charge in [0.25, 0.3) is 0 Å². The number of halogens is 1. The Labute approximate surface area is 183 Å². The summed E-state index contributed by atoms with van der Waals surface area (Å²) in [5.41, 5.74) is 7.24. The van der Waals surface area contributed by atoms with Crippen LogP contribution in [0.1, 0.15) is 47.6 Å². The maximum Gasteiger partial charge on any atom is 0.150 e. The zero-order chi connectivity index (χ0) is 21.5. The van der Waals surface area contributed by atoms with Crippen molar-refractivity contribution in [1.82, 2.24) is 0 Å². The number of benzene rings is 3. The van der Waals surface area contributed by atoms with Crippen LogP contribution in [-0.4, -0.2) is 5.16 Å². The summed E-state index contributed by atoms with van der Waals surface area (Å²) in [6.45, 7) is 6.13. The zero-order valence-electron chi connectivity index (χ0n) is 17.6. The van der Waals surface area contributed by atoms with Gasteiger partial charge in [0.15, 0.2) is 5.82 Å². The fourth-order valence-corrected chi connectivity index (χ4v) is 3.47. The van der Waals surface area contributed by atoms with Crippen LogP contribution < -0.4 is 0 Å². The standard InChI is InChI=1S/C27H24FNS/c1-4-5-6-22-10-12-23(19(2)15-22)11-7-21-8-13-24(14-9-21)25-16-20(3)27(29-18-30)26(28)17-25/h8-10,12-17H,4-6H2,1-3H3. The predicted molar refractivity (Wildman–Crippen MR) is 127 cm³/mol. The summed E-state index contributed by atoms with van der Waals surface area (Å²) >= 11 is 4.59. The Hall–Kier alpha value is -3.05. The second kappa shape index (κ2) is 10.1. The van der Waals surface area contributed by atoms with Gasteiger partial charge in [-0.2, -0.15) is 4.99 Å². The van der Waals surface area contributed by atoms with Gasteiger partial charge in [-0.3, -0.25) is 0 Å². The Balaban J connectivity index is 1.80. The van der Waals surface area contributed by atoms with E-state index in [0.717, 1.165) is 34.2 Å². The molecule has 0 aliphatic rings. The monoisotopic (exact) mass is 413 g/mol. The topological polar surface area (TPSA) is 12.4 Å². The summed E-state index contributed by atoms with van der Waals surface area (Å²) in [5, 5.41) is 2.23. The van der Waals surface area contributed by atoms with Gasteiger partial charge in [0.2, 0.25) is 0 Å². The van der Waals surface area contributed by atoms with Crippen LogP contribution in [0.5, 0.6) is 0 Å². The van der Waals surface area contributed by atoms with Gasteiger partial charge in [-0.05, 0) is 97.1 Å². The van der Waals surface area contributed by atoms with Crippen LogP contribution in [0.4, 0.5) is 10.1 Å². The molecule has 0 amide bonds. The molecule has 3 aromatic rings. The van der Waals surface area contributed by atoms with Crippen molar-refractivity contribution in [2.75, 3.05) is 0 Å². The molecule has 3 aromatic carbocycles. The van der Waals surface area contributed by atoms with Crippen LogP contribution in [0.15, 0.2) is 59.6 Å². The molecular formula is C27H24FNS. The third kappa shape index (κ3) is 5.30. The quantitative estimate of drug-likeness (QED) is 0.238. The number of isothiocyanates is 1. The third-order valence-corrected chi connectivity index (χ3v) is 5.17. The van der Waals surface area contributed by atoms with Crippen molar-refractivity contribution in [2.45, 2.75) is 40.0 Å². The van der Waals surface area contributed by atoms with E-state index in [1.807, 2.05) is 37.3 Å². The number of aryl methyl sites for hydroxylation is 3. The molecule has 150 valence electrons. The molecule has 1 nitrogen and oxygen atoms in total. The molecule has 0 aliphatic carbocycles. The summed E-state index contributed by atoms with van der Waals surface area (Å²) in [6, 6.07) is 17.7. The van der Waals surface area contributed by atoms with Crippen LogP contribution >= 0.6 is 12.2 Å². The SMILES string of the molecule is CCCCc1ccc(C#Cc2ccc(-c3cc(C)c(N=C=S)c(F)c3)cc2)c(C)c1. The molecule has 0 aliphatic heterocycles. The van der Waals surface area contributed by atoms with E-state index in [4.69, 9.17) is 0 Å². The summed E-state index contributed by atoms with van der Waals surface area (Å²) < 4.78 is 14.3. The molecule has 3 heteroatoms. The minimum atomic E-state index is -0.399. The van der Waals surface area contributed by atoms with Crippen LogP contribution in [-0.2, 0) is 6.42 Å². The van der Waals surface area contributed by atoms with Gasteiger partial charge in [-0.15, -0.1) is 0 Å². The summed E-state index contributed by atoms with van der Waals surface area (Å²) in [4.78, 5) is 3.81. The van der Waals surface area contributed by atoms with Crippen molar-refractivity contribution in [3.05, 3.63) is 88.2 Å². The number of unbranched alkanes of at least 4 members (excludes halogenated alkanes) is 1. The average Bonchev–Trinajstić information content (AvgIpc) is 2.74. The molecule has 30 heavy (non-hydrogen) atoms. The van der Waals surface area contributed by atoms with E-state index in [9.17, 15) is 4.39 Å². The van der Waals surface area contributed by atoms with E-state index in [2.05, 4.69) is 66.3 Å². The molecule has 0 bridgehead atoms. The fourth-order valence-electron chi connectivity index (χ4n) is 3.38. The number of aliphatic imine (C=N–C) groups is 1. The number of hydrogen-bond acceptors (Lipinski definition) is 2. The maximum atomic E-state index is 14.3. The first kappa shape index (κ1) is 21.7. The van der Waals surface area contributed by atoms with E-state index in [1.54, 1.807) is 0 Å². The second-order valence-electron chi connectivity index (χ2n) is 7.41. The highest BCUT2D eigenvalue weighted by Crippen LogP contribution is 2.29. The van der Waals surface area contributed by atoms with Gasteiger partial charge in [-0.25, -0.2) is 4.39 Å². The van der Waals surface area contributed by atoms with E-state index < -0.39 is 5.82 Å². The molecule has 0 aromatic heterocycles. The molecule has 0 fully saturated rings. The normalized spacial score (nSPS) is 10.1. The summed E-state index contributed by atoms with van der Waals surface area (Å²) in [5.74, 6) is 6.11. The number of hydrogen-bond donors (Lipinski definition) is 0. The van der Waals surface area contributed by atoms with E-state index in [-0.39, 0.29) is 5.69 Å². The summed E-state index contributed by atoms with van der Waals surface area (Å²) in [7, 11) is 0. The maximum absolute atomic E-state index is 14.3. The molecule has 3 rings (SSSR count). The predicted octanol–water partition coefficient (Wildman–Crippen LogP) is 7.59. The molecule has 0 radical (unpaired) electrons. The second-order valence-corrected chi connectivity index (χ2v) is 7.59. The summed E-state index contributed by atoms with van der Waals surface area (Å²) in [6.07, 6.45) is 3.53. The van der Waals surface area contributed by atoms with Crippen LogP contribution in [0, 0.1) is 31.5 Å². The van der Waals surface area contributed by atoms with Crippen molar-refractivity contribution in [3.8, 4) is 23.0 Å². The molecule has 0 heterocycles. The lowest BCUT2D eigenvalue weighted by molar-refractivity contribution is 0.629. The van der Waals surface area contributed by atoms with E-state index >= 15 is 0 Å². The van der Waals surface area contributed by atoms with E-state index in [0.29, 0.717) is 0 Å². The Bertz CT molecular complexity index is 1140. The Morgan fingerprint density at radius 2 is 1.67 bits per heavy atom. The molecule has 0 unspecified atom stereocenters. The van der Waals surface area contributed by atoms with Crippen molar-refractivity contribution < 1.29 is 4.39 Å². The highest BCUT2D eigenvalue weighted by Gasteiger charge is 2.08. The van der Waals surface area contributed by atoms with E-state index in [1.165, 1.54) is 30.0 Å². The van der Waals surface area contributed by atoms with Gasteiger partial charge in [0.1, 0.15) is 5.69 Å². The number of thiocarbonyl (C=S) groups is 1. The van der Waals surface area contributed by atoms with Gasteiger partial charge in [0.05, 0.1) is 5.16 Å². The van der Waals surface area contributed by atoms with Crippen LogP contribution in [0.25, 0.3) is 11.1 Å². The van der Waals surface area contributed by atoms with Gasteiger partial charge in [0, 0.05) is 11.1 Å². The Morgan fingerprint density at radius 3 is 2.30 bits per heavy atom. The number of rotatable bonds is 5.